The second kappa shape index (κ2) is 35.8. The number of aliphatic hydroxyl groups excluding tert-OH is 1. The predicted molar refractivity (Wildman–Crippen MR) is 332 cm³/mol. The number of benzene rings is 1. The first-order valence-corrected chi connectivity index (χ1v) is 31.5. The van der Waals surface area contributed by atoms with Gasteiger partial charge in [0.2, 0.25) is 70.9 Å². The molecule has 1 aromatic carbocycles. The molecular weight excluding hydrogens is 1230 g/mol. The number of aliphatic carboxylic acids is 1. The molecular formula is C54H80N20O15S2. The van der Waals surface area contributed by atoms with Crippen LogP contribution in [0.4, 0.5) is 0 Å². The summed E-state index contributed by atoms with van der Waals surface area (Å²) in [4.78, 5) is 194. The van der Waals surface area contributed by atoms with Crippen molar-refractivity contribution in [2.24, 2.45) is 44.4 Å². The number of H-pyrrole nitrogens is 1. The van der Waals surface area contributed by atoms with Crippen molar-refractivity contribution in [2.75, 3.05) is 44.3 Å². The van der Waals surface area contributed by atoms with Gasteiger partial charge < -0.3 is 108 Å². The number of hydrogen-bond donors (Lipinski definition) is 19. The number of carbonyl (C=O) groups is 13. The fraction of sp³-hybridized carbons (Fsp3) is 0.537. The number of guanidine groups is 2. The van der Waals surface area contributed by atoms with Crippen molar-refractivity contribution >= 4 is 121 Å². The van der Waals surface area contributed by atoms with Crippen molar-refractivity contribution < 1.29 is 72.5 Å². The van der Waals surface area contributed by atoms with Crippen LogP contribution in [-0.4, -0.2) is 220 Å². The summed E-state index contributed by atoms with van der Waals surface area (Å²) in [6.07, 6.45) is 0.326. The highest BCUT2D eigenvalue weighted by Gasteiger charge is 2.41. The maximum atomic E-state index is 14.6. The number of aromatic nitrogens is 1. The number of nitrogens with two attached hydrogens (primary N) is 6. The van der Waals surface area contributed by atoms with Gasteiger partial charge in [-0.25, -0.2) is 0 Å². The minimum atomic E-state index is -1.95. The number of aliphatic imine (C=N–C) groups is 2. The van der Waals surface area contributed by atoms with E-state index in [1.807, 2.05) is 0 Å². The van der Waals surface area contributed by atoms with Gasteiger partial charge in [-0.3, -0.25) is 72.3 Å². The van der Waals surface area contributed by atoms with Crippen molar-refractivity contribution in [2.45, 2.75) is 138 Å². The number of aliphatic hydroxyl groups is 1. The van der Waals surface area contributed by atoms with Gasteiger partial charge in [0.15, 0.2) is 11.9 Å². The normalized spacial score (nSPS) is 26.3. The van der Waals surface area contributed by atoms with Crippen molar-refractivity contribution in [1.82, 2.24) is 63.1 Å². The van der Waals surface area contributed by atoms with Gasteiger partial charge in [0, 0.05) is 48.8 Å². The van der Waals surface area contributed by atoms with E-state index >= 15 is 0 Å². The van der Waals surface area contributed by atoms with E-state index in [4.69, 9.17) is 34.4 Å². The number of nitrogens with one attached hydrogen (secondary N) is 11. The van der Waals surface area contributed by atoms with Crippen LogP contribution in [0.15, 0.2) is 52.5 Å². The molecule has 3 aliphatic heterocycles. The third-order valence-electron chi connectivity index (χ3n) is 14.4. The molecule has 37 heteroatoms. The molecule has 498 valence electrons. The second-order valence-electron chi connectivity index (χ2n) is 21.4. The zero-order chi connectivity index (χ0) is 66.9. The van der Waals surface area contributed by atoms with Crippen LogP contribution >= 0.6 is 21.6 Å². The number of primary amides is 1. The summed E-state index contributed by atoms with van der Waals surface area (Å²) in [6, 6.07) is -8.78. The van der Waals surface area contributed by atoms with Gasteiger partial charge in [0.05, 0.1) is 19.6 Å². The molecule has 12 amide bonds. The van der Waals surface area contributed by atoms with Gasteiger partial charge >= 0.3 is 5.97 Å². The molecule has 2 bridgehead atoms. The number of nitrogens with zero attached hydrogens (tertiary/aromatic N) is 3. The summed E-state index contributed by atoms with van der Waals surface area (Å²) >= 11 is 0. The molecule has 0 radical (unpaired) electrons. The van der Waals surface area contributed by atoms with Crippen LogP contribution in [0.5, 0.6) is 0 Å². The Balaban J connectivity index is 1.67. The number of carboxylic acids is 1. The Bertz CT molecular complexity index is 3050. The lowest BCUT2D eigenvalue weighted by molar-refractivity contribution is -0.146. The minimum absolute atomic E-state index is 0.0144. The van der Waals surface area contributed by atoms with Gasteiger partial charge in [0.1, 0.15) is 66.5 Å². The molecule has 2 fully saturated rings. The molecule has 1 aromatic heterocycles. The number of hydrogen-bond acceptors (Lipinski definition) is 19. The Morgan fingerprint density at radius 3 is 1.84 bits per heavy atom. The molecule has 3 aliphatic rings. The molecule has 5 rings (SSSR count). The number of rotatable bonds is 16. The van der Waals surface area contributed by atoms with Gasteiger partial charge in [-0.1, -0.05) is 51.9 Å². The van der Waals surface area contributed by atoms with Crippen LogP contribution in [0, 0.1) is 0 Å². The minimum Gasteiger partial charge on any atom is -0.481 e. The summed E-state index contributed by atoms with van der Waals surface area (Å²) in [5.41, 5.74) is 34.7. The molecule has 0 aliphatic carbocycles. The van der Waals surface area contributed by atoms with Gasteiger partial charge in [-0.15, -0.1) is 0 Å². The maximum absolute atomic E-state index is 14.6. The summed E-state index contributed by atoms with van der Waals surface area (Å²) in [5, 5.41) is 46.2. The largest absolute Gasteiger partial charge is 0.481 e. The van der Waals surface area contributed by atoms with Gasteiger partial charge in [0.25, 0.3) is 0 Å². The van der Waals surface area contributed by atoms with E-state index in [2.05, 4.69) is 68.1 Å². The molecule has 0 saturated carbocycles. The molecule has 11 atom stereocenters. The van der Waals surface area contributed by atoms with E-state index in [1.165, 1.54) is 19.1 Å². The Morgan fingerprint density at radius 2 is 1.21 bits per heavy atom. The summed E-state index contributed by atoms with van der Waals surface area (Å²) in [5.74, 6) is -15.1. The van der Waals surface area contributed by atoms with Crippen LogP contribution in [0.1, 0.15) is 70.4 Å². The lowest BCUT2D eigenvalue weighted by Crippen LogP contribution is -2.61. The van der Waals surface area contributed by atoms with Crippen LogP contribution in [0.25, 0.3) is 10.9 Å². The first kappa shape index (κ1) is 72.5. The maximum Gasteiger partial charge on any atom is 0.305 e. The third-order valence-corrected chi connectivity index (χ3v) is 16.8. The van der Waals surface area contributed by atoms with E-state index in [0.717, 1.165) is 31.9 Å². The molecule has 2 aromatic rings. The zero-order valence-electron chi connectivity index (χ0n) is 49.7. The first-order chi connectivity index (χ1) is 43.3. The van der Waals surface area contributed by atoms with E-state index in [0.29, 0.717) is 11.2 Å². The van der Waals surface area contributed by atoms with Gasteiger partial charge in [-0.2, -0.15) is 0 Å². The average molecular weight is 1310 g/mol. The average Bonchev–Trinajstić information content (AvgIpc) is 2.00. The summed E-state index contributed by atoms with van der Waals surface area (Å²) in [6.45, 7) is -0.745. The van der Waals surface area contributed by atoms with Gasteiger partial charge in [-0.05, 0) is 75.8 Å². The van der Waals surface area contributed by atoms with Crippen molar-refractivity contribution in [3.63, 3.8) is 0 Å². The number of carboxylic acid groups (broad SMARTS) is 1. The molecule has 91 heavy (non-hydrogen) atoms. The fourth-order valence-electron chi connectivity index (χ4n) is 9.66. The number of aromatic amines is 1. The lowest BCUT2D eigenvalue weighted by Gasteiger charge is -2.30. The second-order valence-corrected chi connectivity index (χ2v) is 24.0. The molecule has 0 spiro atoms. The number of carbonyl (C=O) groups excluding carboxylic acids is 12. The molecule has 2 saturated heterocycles. The smallest absolute Gasteiger partial charge is 0.305 e. The van der Waals surface area contributed by atoms with Crippen LogP contribution in [0.3, 0.4) is 0 Å². The monoisotopic (exact) mass is 1310 g/mol. The Kier molecular flexibility index (Phi) is 28.6. The van der Waals surface area contributed by atoms with Crippen LogP contribution in [0.2, 0.25) is 0 Å². The topological polar surface area (TPSA) is 583 Å². The number of amides is 12. The summed E-state index contributed by atoms with van der Waals surface area (Å²) in [7, 11) is 1.76. The highest BCUT2D eigenvalue weighted by atomic mass is 33.1. The Labute approximate surface area is 529 Å². The van der Waals surface area contributed by atoms with E-state index in [-0.39, 0.29) is 94.4 Å². The summed E-state index contributed by atoms with van der Waals surface area (Å²) < 4.78 is 0. The van der Waals surface area contributed by atoms with E-state index < -0.39 is 169 Å². The highest BCUT2D eigenvalue weighted by Crippen LogP contribution is 2.25. The van der Waals surface area contributed by atoms with Crippen LogP contribution < -0.4 is 87.6 Å². The third kappa shape index (κ3) is 23.0. The lowest BCUT2D eigenvalue weighted by atomic mass is 10.1. The Morgan fingerprint density at radius 1 is 0.648 bits per heavy atom. The standard InChI is InChI=1S/C54H80N20O15S2/c1-26-43(80)70-34(20-28-19-27-9-2-3-10-29(27)64-28)47(84)67-32(13-6-16-61-53(57)58)44(81)66-30(42(56)79)11-4-5-12-31-45(82)72-36(23-75)48(85)71-35(21-41(77)78)52(89)74-18-8-15-39(74)51(88)69-33(14-7-17-62-54(59)60)46(83)73-38(49(86)63-26)25-91-90-24-37(50(87)68-31)65-40(76)22-55/h2-5,9-10,19,26,30-39,64,75H,6-8,11-18,20-25,55H2,1H3,(H2,56,79)(H,63,86)(H,65,76)(H,66,81)(H,67,84)(H,68,87)(H,69,88)(H,70,80)(H,71,85)(H,72,82)(H,73,83)(H,77,78)(H4,57,58,61)(H4,59,60,62)/b5-4+/t26-,30-,31-,32-,33-,34-,35-,36-,37-,38-,39?/m0/s1. The fourth-order valence-corrected chi connectivity index (χ4v) is 12.0. The number of para-hydroxylation sites is 1. The quantitative estimate of drug-likeness (QED) is 0.0244. The molecule has 4 heterocycles. The molecule has 35 nitrogen and oxygen atoms in total. The zero-order valence-corrected chi connectivity index (χ0v) is 51.4. The highest BCUT2D eigenvalue weighted by molar-refractivity contribution is 8.76. The van der Waals surface area contributed by atoms with Crippen molar-refractivity contribution in [3.8, 4) is 0 Å². The SMILES string of the molecule is C[C@@H]1NC(=O)[C@@H]2CSSC[C@H](NC(=O)CN)C(=O)N[C@@H](C/C=C/C[C@@H](C(N)=O)NC(=O)[C@H](CCCN=C(N)N)NC(=O)[C@H](Cc3cc4ccccc4[nH]3)NC1=O)C(=O)N[C@@H](CO)C(=O)N[C@@H](CC(=O)O)C(=O)N1CCCC1C(=O)N[C@@H](CCCN=C(N)N)C(=O)N2. The number of fused-ring (bicyclic) bond motifs is 10. The predicted octanol–water partition coefficient (Wildman–Crippen LogP) is -7.67. The van der Waals surface area contributed by atoms with Crippen molar-refractivity contribution in [3.05, 3.63) is 48.2 Å². The Hall–Kier alpha value is -9.23. The molecule has 25 N–H and O–H groups in total. The van der Waals surface area contributed by atoms with E-state index in [9.17, 15) is 72.5 Å². The molecule has 1 unspecified atom stereocenters. The van der Waals surface area contributed by atoms with Crippen LogP contribution in [-0.2, 0) is 68.7 Å². The van der Waals surface area contributed by atoms with Crippen molar-refractivity contribution in [1.29, 1.82) is 0 Å². The first-order valence-electron chi connectivity index (χ1n) is 29.0. The van der Waals surface area contributed by atoms with E-state index in [1.54, 1.807) is 30.3 Å².